The predicted octanol–water partition coefficient (Wildman–Crippen LogP) is 4.53. The quantitative estimate of drug-likeness (QED) is 0.898. The maximum absolute atomic E-state index is 12.2. The third-order valence-electron chi connectivity index (χ3n) is 2.78. The van der Waals surface area contributed by atoms with E-state index in [9.17, 15) is 4.79 Å². The number of hydrogen-bond acceptors (Lipinski definition) is 2. The predicted molar refractivity (Wildman–Crippen MR) is 81.6 cm³/mol. The number of hydrogen-bond donors (Lipinski definition) is 1. The fraction of sp³-hybridized carbons (Fsp3) is 0.143. The summed E-state index contributed by atoms with van der Waals surface area (Å²) in [4.78, 5) is 16.1. The summed E-state index contributed by atoms with van der Waals surface area (Å²) in [7, 11) is 0. The molecule has 0 spiro atoms. The number of rotatable bonds is 3. The molecule has 0 unspecified atom stereocenters. The Labute approximate surface area is 131 Å². The van der Waals surface area contributed by atoms with Gasteiger partial charge in [-0.3, -0.25) is 4.79 Å². The Kier molecular flexibility index (Phi) is 4.86. The van der Waals surface area contributed by atoms with Gasteiger partial charge in [-0.05, 0) is 12.5 Å². The Morgan fingerprint density at radius 1 is 1.15 bits per heavy atom. The highest BCUT2D eigenvalue weighted by atomic mass is 35.5. The molecule has 1 atom stereocenters. The number of nitrogens with zero attached hydrogens (tertiary/aromatic N) is 1. The van der Waals surface area contributed by atoms with Crippen molar-refractivity contribution >= 4 is 40.7 Å². The summed E-state index contributed by atoms with van der Waals surface area (Å²) in [5.74, 6) is -0.398. The first-order valence-electron chi connectivity index (χ1n) is 5.86. The van der Waals surface area contributed by atoms with Crippen molar-refractivity contribution in [2.75, 3.05) is 0 Å². The maximum atomic E-state index is 12.2. The summed E-state index contributed by atoms with van der Waals surface area (Å²) in [6.07, 6.45) is 1.30. The molecule has 1 N–H and O–H groups in total. The lowest BCUT2D eigenvalue weighted by Gasteiger charge is -2.14. The normalized spacial score (nSPS) is 12.0. The maximum Gasteiger partial charge on any atom is 0.271 e. The van der Waals surface area contributed by atoms with Crippen molar-refractivity contribution in [1.82, 2.24) is 10.3 Å². The van der Waals surface area contributed by atoms with Crippen LogP contribution < -0.4 is 5.32 Å². The molecule has 104 valence electrons. The van der Waals surface area contributed by atoms with Crippen molar-refractivity contribution in [2.24, 2.45) is 0 Å². The lowest BCUT2D eigenvalue weighted by atomic mass is 10.1. The zero-order chi connectivity index (χ0) is 14.7. The van der Waals surface area contributed by atoms with Crippen molar-refractivity contribution in [3.05, 3.63) is 62.9 Å². The number of halogens is 3. The van der Waals surface area contributed by atoms with Crippen molar-refractivity contribution < 1.29 is 4.79 Å². The number of aromatic nitrogens is 1. The van der Waals surface area contributed by atoms with Gasteiger partial charge < -0.3 is 5.32 Å². The molecule has 0 radical (unpaired) electrons. The van der Waals surface area contributed by atoms with Gasteiger partial charge in [-0.15, -0.1) is 0 Å². The van der Waals surface area contributed by atoms with Crippen LogP contribution >= 0.6 is 34.8 Å². The van der Waals surface area contributed by atoms with Crippen LogP contribution in [0.15, 0.2) is 36.5 Å². The largest absolute Gasteiger partial charge is 0.344 e. The van der Waals surface area contributed by atoms with Crippen molar-refractivity contribution in [3.63, 3.8) is 0 Å². The molecular formula is C14H11Cl3N2O. The Morgan fingerprint density at radius 3 is 2.45 bits per heavy atom. The molecule has 2 rings (SSSR count). The Hall–Kier alpha value is -1.29. The van der Waals surface area contributed by atoms with E-state index in [0.717, 1.165) is 5.56 Å². The molecule has 1 aromatic carbocycles. The first-order chi connectivity index (χ1) is 9.50. The molecule has 0 saturated heterocycles. The van der Waals surface area contributed by atoms with Gasteiger partial charge in [0.2, 0.25) is 0 Å². The second-order valence-electron chi connectivity index (χ2n) is 4.19. The summed E-state index contributed by atoms with van der Waals surface area (Å²) >= 11 is 17.7. The van der Waals surface area contributed by atoms with E-state index in [2.05, 4.69) is 10.3 Å². The minimum Gasteiger partial charge on any atom is -0.344 e. The molecule has 1 amide bonds. The second-order valence-corrected chi connectivity index (χ2v) is 5.35. The number of nitrogens with one attached hydrogen (secondary N) is 1. The van der Waals surface area contributed by atoms with Crippen molar-refractivity contribution in [1.29, 1.82) is 0 Å². The number of pyridine rings is 1. The monoisotopic (exact) mass is 328 g/mol. The average molecular weight is 330 g/mol. The summed E-state index contributed by atoms with van der Waals surface area (Å²) < 4.78 is 0. The van der Waals surface area contributed by atoms with Crippen LogP contribution in [0.2, 0.25) is 15.1 Å². The van der Waals surface area contributed by atoms with E-state index >= 15 is 0 Å². The van der Waals surface area contributed by atoms with Gasteiger partial charge in [-0.2, -0.15) is 0 Å². The lowest BCUT2D eigenvalue weighted by Crippen LogP contribution is -2.27. The summed E-state index contributed by atoms with van der Waals surface area (Å²) in [6.45, 7) is 1.87. The third kappa shape index (κ3) is 3.23. The molecule has 1 aromatic heterocycles. The molecule has 6 heteroatoms. The first kappa shape index (κ1) is 15.1. The van der Waals surface area contributed by atoms with Crippen LogP contribution in [-0.2, 0) is 0 Å². The van der Waals surface area contributed by atoms with Gasteiger partial charge in [0, 0.05) is 6.20 Å². The minimum atomic E-state index is -0.398. The van der Waals surface area contributed by atoms with Gasteiger partial charge in [-0.25, -0.2) is 4.98 Å². The second kappa shape index (κ2) is 6.44. The highest BCUT2D eigenvalue weighted by Gasteiger charge is 2.18. The number of amides is 1. The molecule has 1 heterocycles. The SMILES string of the molecule is C[C@H](NC(=O)c1ncc(Cl)c(Cl)c1Cl)c1ccccc1. The highest BCUT2D eigenvalue weighted by Crippen LogP contribution is 2.31. The summed E-state index contributed by atoms with van der Waals surface area (Å²) in [5.41, 5.74) is 1.04. The zero-order valence-corrected chi connectivity index (χ0v) is 12.8. The van der Waals surface area contributed by atoms with Gasteiger partial charge in [0.05, 0.1) is 21.1 Å². The highest BCUT2D eigenvalue weighted by molar-refractivity contribution is 6.48. The molecule has 0 aliphatic heterocycles. The first-order valence-corrected chi connectivity index (χ1v) is 6.99. The fourth-order valence-electron chi connectivity index (χ4n) is 1.69. The smallest absolute Gasteiger partial charge is 0.271 e. The molecule has 20 heavy (non-hydrogen) atoms. The molecule has 0 aliphatic rings. The van der Waals surface area contributed by atoms with E-state index in [4.69, 9.17) is 34.8 Å². The Morgan fingerprint density at radius 2 is 1.80 bits per heavy atom. The number of carbonyl (C=O) groups is 1. The van der Waals surface area contributed by atoms with Gasteiger partial charge in [0.1, 0.15) is 5.69 Å². The van der Waals surface area contributed by atoms with E-state index in [1.54, 1.807) is 0 Å². The molecule has 0 bridgehead atoms. The van der Waals surface area contributed by atoms with E-state index in [1.165, 1.54) is 6.20 Å². The zero-order valence-electron chi connectivity index (χ0n) is 10.5. The van der Waals surface area contributed by atoms with E-state index < -0.39 is 5.91 Å². The summed E-state index contributed by atoms with van der Waals surface area (Å²) in [6, 6.07) is 9.40. The van der Waals surface area contributed by atoms with Gasteiger partial charge in [0.15, 0.2) is 0 Å². The van der Waals surface area contributed by atoms with Crippen LogP contribution in [0.25, 0.3) is 0 Å². The minimum absolute atomic E-state index is 0.0527. The topological polar surface area (TPSA) is 42.0 Å². The van der Waals surface area contributed by atoms with Crippen molar-refractivity contribution in [3.8, 4) is 0 Å². The van der Waals surface area contributed by atoms with E-state index in [1.807, 2.05) is 37.3 Å². The fourth-order valence-corrected chi connectivity index (χ4v) is 2.26. The van der Waals surface area contributed by atoms with Gasteiger partial charge >= 0.3 is 0 Å². The third-order valence-corrected chi connectivity index (χ3v) is 4.02. The molecule has 0 aliphatic carbocycles. The van der Waals surface area contributed by atoms with E-state index in [0.29, 0.717) is 0 Å². The van der Waals surface area contributed by atoms with Crippen LogP contribution in [0.4, 0.5) is 0 Å². The average Bonchev–Trinajstić information content (AvgIpc) is 2.45. The van der Waals surface area contributed by atoms with Crippen LogP contribution in [0.5, 0.6) is 0 Å². The summed E-state index contributed by atoms with van der Waals surface area (Å²) in [5, 5.41) is 3.20. The number of carbonyl (C=O) groups excluding carboxylic acids is 1. The Bertz CT molecular complexity index is 632. The van der Waals surface area contributed by atoms with Gasteiger partial charge in [-0.1, -0.05) is 65.1 Å². The molecular weight excluding hydrogens is 319 g/mol. The van der Waals surface area contributed by atoms with Gasteiger partial charge in [0.25, 0.3) is 5.91 Å². The van der Waals surface area contributed by atoms with Crippen molar-refractivity contribution in [2.45, 2.75) is 13.0 Å². The van der Waals surface area contributed by atoms with Crippen LogP contribution in [0.3, 0.4) is 0 Å². The van der Waals surface area contributed by atoms with Crippen LogP contribution in [-0.4, -0.2) is 10.9 Å². The molecule has 2 aromatic rings. The van der Waals surface area contributed by atoms with Crippen LogP contribution in [0, 0.1) is 0 Å². The van der Waals surface area contributed by atoms with Crippen LogP contribution in [0.1, 0.15) is 29.0 Å². The Balaban J connectivity index is 2.19. The molecule has 0 fully saturated rings. The number of benzene rings is 1. The molecule has 3 nitrogen and oxygen atoms in total. The molecule has 0 saturated carbocycles. The standard InChI is InChI=1S/C14H11Cl3N2O/c1-8(9-5-3-2-4-6-9)19-14(20)13-12(17)11(16)10(15)7-18-13/h2-8H,1H3,(H,19,20)/t8-/m0/s1. The van der Waals surface area contributed by atoms with E-state index in [-0.39, 0.29) is 26.8 Å². The lowest BCUT2D eigenvalue weighted by molar-refractivity contribution is 0.0935.